The van der Waals surface area contributed by atoms with Crippen molar-refractivity contribution in [3.8, 4) is 0 Å². The number of amides is 1. The van der Waals surface area contributed by atoms with Crippen LogP contribution in [-0.2, 0) is 4.79 Å². The molecular weight excluding hydrogens is 286 g/mol. The number of hydrogen-bond donors (Lipinski definition) is 2. The van der Waals surface area contributed by atoms with Crippen LogP contribution in [-0.4, -0.2) is 35.0 Å². The Balaban J connectivity index is 2.75. The first kappa shape index (κ1) is 15.9. The molecule has 0 unspecified atom stereocenters. The number of carbonyl (C=O) groups excluding carboxylic acids is 1. The molecule has 1 amide bonds. The number of carboxylic acids is 1. The number of halogens is 1. The van der Waals surface area contributed by atoms with Gasteiger partial charge in [0.15, 0.2) is 0 Å². The second-order valence-electron chi connectivity index (χ2n) is 4.11. The summed E-state index contributed by atoms with van der Waals surface area (Å²) in [6.07, 6.45) is 2.29. The van der Waals surface area contributed by atoms with E-state index < -0.39 is 17.9 Å². The maximum absolute atomic E-state index is 12.0. The quantitative estimate of drug-likeness (QED) is 0.847. The van der Waals surface area contributed by atoms with Crippen LogP contribution < -0.4 is 5.32 Å². The summed E-state index contributed by atoms with van der Waals surface area (Å²) in [7, 11) is 0. The number of thioether (sulfide) groups is 1. The number of nitrogens with one attached hydrogen (secondary N) is 1. The number of aliphatic carboxylic acids is 1. The van der Waals surface area contributed by atoms with Gasteiger partial charge in [0.25, 0.3) is 5.91 Å². The largest absolute Gasteiger partial charge is 0.480 e. The van der Waals surface area contributed by atoms with E-state index in [1.54, 1.807) is 36.9 Å². The summed E-state index contributed by atoms with van der Waals surface area (Å²) >= 11 is 7.42. The zero-order valence-electron chi connectivity index (χ0n) is 10.8. The summed E-state index contributed by atoms with van der Waals surface area (Å²) in [5.41, 5.74) is 1.20. The number of benzene rings is 1. The summed E-state index contributed by atoms with van der Waals surface area (Å²) in [6.45, 7) is 1.79. The van der Waals surface area contributed by atoms with E-state index in [2.05, 4.69) is 5.32 Å². The van der Waals surface area contributed by atoms with E-state index in [1.807, 2.05) is 6.26 Å². The molecule has 4 nitrogen and oxygen atoms in total. The Kier molecular flexibility index (Phi) is 6.18. The maximum Gasteiger partial charge on any atom is 0.326 e. The lowest BCUT2D eigenvalue weighted by molar-refractivity contribution is -0.139. The molecule has 6 heteroatoms. The van der Waals surface area contributed by atoms with Gasteiger partial charge in [-0.2, -0.15) is 11.8 Å². The van der Waals surface area contributed by atoms with Crippen molar-refractivity contribution in [2.24, 2.45) is 0 Å². The van der Waals surface area contributed by atoms with Crippen molar-refractivity contribution >= 4 is 35.2 Å². The second kappa shape index (κ2) is 7.40. The lowest BCUT2D eigenvalue weighted by Gasteiger charge is -2.14. The van der Waals surface area contributed by atoms with Crippen LogP contribution in [0.15, 0.2) is 18.2 Å². The normalized spacial score (nSPS) is 11.9. The zero-order chi connectivity index (χ0) is 14.4. The van der Waals surface area contributed by atoms with Gasteiger partial charge in [-0.05, 0) is 49.1 Å². The van der Waals surface area contributed by atoms with Gasteiger partial charge in [-0.1, -0.05) is 11.6 Å². The van der Waals surface area contributed by atoms with Crippen LogP contribution in [0.2, 0.25) is 5.02 Å². The van der Waals surface area contributed by atoms with E-state index in [9.17, 15) is 9.59 Å². The number of aryl methyl sites for hydroxylation is 1. The van der Waals surface area contributed by atoms with Crippen LogP contribution >= 0.6 is 23.4 Å². The van der Waals surface area contributed by atoms with Crippen LogP contribution in [0.25, 0.3) is 0 Å². The van der Waals surface area contributed by atoms with Crippen LogP contribution in [0, 0.1) is 6.92 Å². The zero-order valence-corrected chi connectivity index (χ0v) is 12.3. The molecule has 1 atom stereocenters. The molecule has 19 heavy (non-hydrogen) atoms. The molecular formula is C13H16ClNO3S. The summed E-state index contributed by atoms with van der Waals surface area (Å²) in [6, 6.07) is 3.99. The van der Waals surface area contributed by atoms with Crippen molar-refractivity contribution in [3.05, 3.63) is 34.3 Å². The fraction of sp³-hybridized carbons (Fsp3) is 0.385. The molecule has 0 saturated heterocycles. The SMILES string of the molecule is CSCC[C@H](NC(=O)c1ccc(Cl)c(C)c1)C(=O)O. The third-order valence-corrected chi connectivity index (χ3v) is 3.70. The van der Waals surface area contributed by atoms with E-state index in [0.717, 1.165) is 5.56 Å². The average Bonchev–Trinajstić information content (AvgIpc) is 2.37. The fourth-order valence-corrected chi connectivity index (χ4v) is 2.11. The third kappa shape index (κ3) is 4.76. The predicted octanol–water partition coefficient (Wildman–Crippen LogP) is 2.58. The second-order valence-corrected chi connectivity index (χ2v) is 5.50. The summed E-state index contributed by atoms with van der Waals surface area (Å²) in [5.74, 6) is -0.738. The predicted molar refractivity (Wildman–Crippen MR) is 78.1 cm³/mol. The summed E-state index contributed by atoms with van der Waals surface area (Å²) in [5, 5.41) is 12.1. The van der Waals surface area contributed by atoms with Gasteiger partial charge in [-0.15, -0.1) is 0 Å². The van der Waals surface area contributed by atoms with Crippen molar-refractivity contribution in [1.29, 1.82) is 0 Å². The highest BCUT2D eigenvalue weighted by Gasteiger charge is 2.20. The number of hydrogen-bond acceptors (Lipinski definition) is 3. The van der Waals surface area contributed by atoms with Crippen molar-refractivity contribution < 1.29 is 14.7 Å². The first-order chi connectivity index (χ1) is 8.95. The monoisotopic (exact) mass is 301 g/mol. The molecule has 0 aliphatic carbocycles. The molecule has 0 aliphatic heterocycles. The van der Waals surface area contributed by atoms with Gasteiger partial charge in [0.05, 0.1) is 0 Å². The van der Waals surface area contributed by atoms with Crippen LogP contribution in [0.1, 0.15) is 22.3 Å². The Morgan fingerprint density at radius 1 is 1.47 bits per heavy atom. The molecule has 0 aliphatic rings. The van der Waals surface area contributed by atoms with Gasteiger partial charge < -0.3 is 10.4 Å². The number of carboxylic acid groups (broad SMARTS) is 1. The Morgan fingerprint density at radius 3 is 2.68 bits per heavy atom. The van der Waals surface area contributed by atoms with Crippen molar-refractivity contribution in [2.75, 3.05) is 12.0 Å². The highest BCUT2D eigenvalue weighted by Crippen LogP contribution is 2.16. The summed E-state index contributed by atoms with van der Waals surface area (Å²) < 4.78 is 0. The molecule has 2 N–H and O–H groups in total. The van der Waals surface area contributed by atoms with Gasteiger partial charge in [-0.3, -0.25) is 4.79 Å². The molecule has 0 heterocycles. The van der Waals surface area contributed by atoms with E-state index >= 15 is 0 Å². The number of rotatable bonds is 6. The van der Waals surface area contributed by atoms with Gasteiger partial charge in [0.1, 0.15) is 6.04 Å². The van der Waals surface area contributed by atoms with Crippen molar-refractivity contribution in [1.82, 2.24) is 5.32 Å². The van der Waals surface area contributed by atoms with Crippen LogP contribution in [0.3, 0.4) is 0 Å². The first-order valence-electron chi connectivity index (χ1n) is 5.74. The van der Waals surface area contributed by atoms with E-state index in [0.29, 0.717) is 22.8 Å². The van der Waals surface area contributed by atoms with Gasteiger partial charge in [0, 0.05) is 10.6 Å². The van der Waals surface area contributed by atoms with Gasteiger partial charge in [0.2, 0.25) is 0 Å². The molecule has 104 valence electrons. The Bertz CT molecular complexity index is 479. The van der Waals surface area contributed by atoms with Crippen LogP contribution in [0.4, 0.5) is 0 Å². The Labute approximate surface area is 121 Å². The van der Waals surface area contributed by atoms with Gasteiger partial charge in [-0.25, -0.2) is 4.79 Å². The van der Waals surface area contributed by atoms with Crippen molar-refractivity contribution in [3.63, 3.8) is 0 Å². The van der Waals surface area contributed by atoms with E-state index in [4.69, 9.17) is 16.7 Å². The average molecular weight is 302 g/mol. The van der Waals surface area contributed by atoms with E-state index in [1.165, 1.54) is 0 Å². The minimum absolute atomic E-state index is 0.395. The molecule has 0 aromatic heterocycles. The Hall–Kier alpha value is -1.20. The smallest absolute Gasteiger partial charge is 0.326 e. The minimum Gasteiger partial charge on any atom is -0.480 e. The maximum atomic E-state index is 12.0. The minimum atomic E-state index is -1.02. The fourth-order valence-electron chi connectivity index (χ4n) is 1.52. The lowest BCUT2D eigenvalue weighted by atomic mass is 10.1. The molecule has 0 saturated carbocycles. The molecule has 1 aromatic carbocycles. The Morgan fingerprint density at radius 2 is 2.16 bits per heavy atom. The lowest BCUT2D eigenvalue weighted by Crippen LogP contribution is -2.41. The standard InChI is InChI=1S/C13H16ClNO3S/c1-8-7-9(3-4-10(8)14)12(16)15-11(13(17)18)5-6-19-2/h3-4,7,11H,5-6H2,1-2H3,(H,15,16)(H,17,18)/t11-/m0/s1. The van der Waals surface area contributed by atoms with Crippen molar-refractivity contribution in [2.45, 2.75) is 19.4 Å². The highest BCUT2D eigenvalue weighted by atomic mass is 35.5. The molecule has 0 spiro atoms. The van der Waals surface area contributed by atoms with Crippen LogP contribution in [0.5, 0.6) is 0 Å². The molecule has 0 bridgehead atoms. The van der Waals surface area contributed by atoms with Gasteiger partial charge >= 0.3 is 5.97 Å². The third-order valence-electron chi connectivity index (χ3n) is 2.63. The first-order valence-corrected chi connectivity index (χ1v) is 7.51. The molecule has 0 radical (unpaired) electrons. The summed E-state index contributed by atoms with van der Waals surface area (Å²) in [4.78, 5) is 23.0. The van der Waals surface area contributed by atoms with E-state index in [-0.39, 0.29) is 0 Å². The highest BCUT2D eigenvalue weighted by molar-refractivity contribution is 7.98. The molecule has 1 rings (SSSR count). The number of carbonyl (C=O) groups is 2. The molecule has 1 aromatic rings. The topological polar surface area (TPSA) is 66.4 Å². The molecule has 0 fully saturated rings.